The number of benzene rings is 2. The van der Waals surface area contributed by atoms with E-state index in [1.54, 1.807) is 0 Å². The minimum absolute atomic E-state index is 0.517. The summed E-state index contributed by atoms with van der Waals surface area (Å²) in [5, 5.41) is 20.3. The Morgan fingerprint density at radius 3 is 2.43 bits per heavy atom. The van der Waals surface area contributed by atoms with Gasteiger partial charge in [0, 0.05) is 9.94 Å². The first-order valence-electron chi connectivity index (χ1n) is 4.23. The minimum Gasteiger partial charge on any atom is -0.423 e. The lowest BCUT2D eigenvalue weighted by atomic mass is 9.77. The maximum Gasteiger partial charge on any atom is 0.490 e. The molecule has 0 aliphatic carbocycles. The van der Waals surface area contributed by atoms with Gasteiger partial charge in [0.2, 0.25) is 0 Å². The average molecular weight is 251 g/mol. The number of hydrogen-bond donors (Lipinski definition) is 2. The van der Waals surface area contributed by atoms with Crippen LogP contribution in [0.25, 0.3) is 10.8 Å². The third-order valence-electron chi connectivity index (χ3n) is 2.18. The predicted molar refractivity (Wildman–Crippen MR) is 61.5 cm³/mol. The fourth-order valence-electron chi connectivity index (χ4n) is 1.53. The van der Waals surface area contributed by atoms with Crippen LogP contribution in [-0.2, 0) is 0 Å². The van der Waals surface area contributed by atoms with E-state index < -0.39 is 7.12 Å². The summed E-state index contributed by atoms with van der Waals surface area (Å²) in [4.78, 5) is 0. The molecule has 0 amide bonds. The Balaban J connectivity index is 2.83. The molecule has 0 aromatic heterocycles. The van der Waals surface area contributed by atoms with E-state index in [1.165, 1.54) is 0 Å². The lowest BCUT2D eigenvalue weighted by Gasteiger charge is -2.07. The lowest BCUT2D eigenvalue weighted by Crippen LogP contribution is -2.31. The van der Waals surface area contributed by atoms with Gasteiger partial charge in [-0.25, -0.2) is 0 Å². The Morgan fingerprint density at radius 1 is 1.00 bits per heavy atom. The van der Waals surface area contributed by atoms with Gasteiger partial charge in [-0.15, -0.1) is 0 Å². The summed E-state index contributed by atoms with van der Waals surface area (Å²) in [6.07, 6.45) is 0. The van der Waals surface area contributed by atoms with Gasteiger partial charge >= 0.3 is 7.12 Å². The van der Waals surface area contributed by atoms with Crippen molar-refractivity contribution in [3.63, 3.8) is 0 Å². The van der Waals surface area contributed by atoms with E-state index in [0.717, 1.165) is 10.8 Å². The Labute approximate surface area is 90.5 Å². The summed E-state index contributed by atoms with van der Waals surface area (Å²) in [7, 11) is -1.45. The zero-order valence-electron chi connectivity index (χ0n) is 7.31. The third-order valence-corrected chi connectivity index (χ3v) is 2.87. The zero-order valence-corrected chi connectivity index (χ0v) is 8.90. The summed E-state index contributed by atoms with van der Waals surface area (Å²) in [6, 6.07) is 11.4. The lowest BCUT2D eigenvalue weighted by molar-refractivity contribution is 0.426. The maximum atomic E-state index is 9.23. The molecule has 0 heterocycles. The number of halogens is 1. The highest BCUT2D eigenvalue weighted by molar-refractivity contribution is 9.10. The second-order valence-electron chi connectivity index (χ2n) is 3.06. The highest BCUT2D eigenvalue weighted by Crippen LogP contribution is 2.17. The van der Waals surface area contributed by atoms with Gasteiger partial charge in [0.25, 0.3) is 0 Å². The molecule has 2 aromatic carbocycles. The molecule has 70 valence electrons. The number of rotatable bonds is 1. The van der Waals surface area contributed by atoms with Gasteiger partial charge in [-0.1, -0.05) is 46.3 Å². The van der Waals surface area contributed by atoms with Crippen molar-refractivity contribution < 1.29 is 10.0 Å². The smallest absolute Gasteiger partial charge is 0.423 e. The quantitative estimate of drug-likeness (QED) is 0.749. The van der Waals surface area contributed by atoms with Crippen LogP contribution in [0.4, 0.5) is 0 Å². The van der Waals surface area contributed by atoms with Gasteiger partial charge in [0.1, 0.15) is 0 Å². The highest BCUT2D eigenvalue weighted by atomic mass is 79.9. The van der Waals surface area contributed by atoms with Gasteiger partial charge in [-0.2, -0.15) is 0 Å². The molecule has 0 atom stereocenters. The van der Waals surface area contributed by atoms with Gasteiger partial charge < -0.3 is 10.0 Å². The van der Waals surface area contributed by atoms with Gasteiger partial charge in [-0.05, 0) is 16.8 Å². The molecule has 0 radical (unpaired) electrons. The zero-order chi connectivity index (χ0) is 10.1. The summed E-state index contributed by atoms with van der Waals surface area (Å²) in [5.74, 6) is 0. The maximum absolute atomic E-state index is 9.23. The fourth-order valence-corrected chi connectivity index (χ4v) is 2.08. The second-order valence-corrected chi connectivity index (χ2v) is 3.91. The molecule has 2 nitrogen and oxygen atoms in total. The molecule has 2 N–H and O–H groups in total. The van der Waals surface area contributed by atoms with E-state index in [-0.39, 0.29) is 0 Å². The molecule has 2 rings (SSSR count). The largest absolute Gasteiger partial charge is 0.490 e. The van der Waals surface area contributed by atoms with Crippen molar-refractivity contribution in [3.05, 3.63) is 40.9 Å². The van der Waals surface area contributed by atoms with E-state index >= 15 is 0 Å². The molecular formula is C10H8BBrO2. The second kappa shape index (κ2) is 3.73. The molecule has 0 bridgehead atoms. The Kier molecular flexibility index (Phi) is 2.59. The summed E-state index contributed by atoms with van der Waals surface area (Å²) >= 11 is 3.30. The number of hydrogen-bond acceptors (Lipinski definition) is 2. The fraction of sp³-hybridized carbons (Fsp3) is 0. The van der Waals surface area contributed by atoms with Crippen LogP contribution < -0.4 is 5.46 Å². The van der Waals surface area contributed by atoms with Crippen LogP contribution in [0, 0.1) is 0 Å². The molecule has 2 aromatic rings. The summed E-state index contributed by atoms with van der Waals surface area (Å²) in [6.45, 7) is 0. The van der Waals surface area contributed by atoms with Crippen molar-refractivity contribution in [2.75, 3.05) is 0 Å². The molecule has 4 heteroatoms. The van der Waals surface area contributed by atoms with Gasteiger partial charge in [-0.3, -0.25) is 0 Å². The highest BCUT2D eigenvalue weighted by Gasteiger charge is 2.17. The molecule has 0 saturated heterocycles. The van der Waals surface area contributed by atoms with Gasteiger partial charge in [0.05, 0.1) is 0 Å². The molecule has 0 aliphatic rings. The van der Waals surface area contributed by atoms with E-state index in [1.807, 2.05) is 36.4 Å². The molecule has 0 aliphatic heterocycles. The van der Waals surface area contributed by atoms with Crippen molar-refractivity contribution >= 4 is 39.3 Å². The van der Waals surface area contributed by atoms with Crippen molar-refractivity contribution in [2.45, 2.75) is 0 Å². The normalized spacial score (nSPS) is 10.5. The van der Waals surface area contributed by atoms with Crippen molar-refractivity contribution in [2.24, 2.45) is 0 Å². The predicted octanol–water partition coefficient (Wildman–Crippen LogP) is 1.28. The Morgan fingerprint density at radius 2 is 1.71 bits per heavy atom. The van der Waals surface area contributed by atoms with Crippen molar-refractivity contribution in [1.82, 2.24) is 0 Å². The Bertz CT molecular complexity index is 471. The first kappa shape index (κ1) is 9.71. The van der Waals surface area contributed by atoms with Crippen LogP contribution in [0.1, 0.15) is 0 Å². The SMILES string of the molecule is OB(O)c1c(Br)ccc2ccccc12. The summed E-state index contributed by atoms with van der Waals surface area (Å²) in [5.41, 5.74) is 0.517. The van der Waals surface area contributed by atoms with Crippen LogP contribution in [0.15, 0.2) is 40.9 Å². The summed E-state index contributed by atoms with van der Waals surface area (Å²) < 4.78 is 0.714. The van der Waals surface area contributed by atoms with Crippen LogP contribution in [0.2, 0.25) is 0 Å². The van der Waals surface area contributed by atoms with E-state index in [0.29, 0.717) is 9.94 Å². The van der Waals surface area contributed by atoms with E-state index in [9.17, 15) is 10.0 Å². The minimum atomic E-state index is -1.45. The Hall–Kier alpha value is -0.835. The molecular weight excluding hydrogens is 243 g/mol. The first-order chi connectivity index (χ1) is 6.70. The molecule has 0 fully saturated rings. The topological polar surface area (TPSA) is 40.5 Å². The molecule has 0 spiro atoms. The average Bonchev–Trinajstić information content (AvgIpc) is 2.17. The van der Waals surface area contributed by atoms with E-state index in [2.05, 4.69) is 15.9 Å². The molecule has 0 unspecified atom stereocenters. The van der Waals surface area contributed by atoms with Crippen molar-refractivity contribution in [1.29, 1.82) is 0 Å². The monoisotopic (exact) mass is 250 g/mol. The number of fused-ring (bicyclic) bond motifs is 1. The van der Waals surface area contributed by atoms with Crippen LogP contribution in [0.5, 0.6) is 0 Å². The van der Waals surface area contributed by atoms with Crippen LogP contribution >= 0.6 is 15.9 Å². The molecule has 14 heavy (non-hydrogen) atoms. The van der Waals surface area contributed by atoms with Crippen molar-refractivity contribution in [3.8, 4) is 0 Å². The molecule has 0 saturated carbocycles. The van der Waals surface area contributed by atoms with Crippen LogP contribution in [-0.4, -0.2) is 17.2 Å². The first-order valence-corrected chi connectivity index (χ1v) is 5.03. The third kappa shape index (κ3) is 1.56. The standard InChI is InChI=1S/C10H8BBrO2/c12-9-6-5-7-3-1-2-4-8(7)10(9)11(13)14/h1-6,13-14H. The van der Waals surface area contributed by atoms with E-state index in [4.69, 9.17) is 0 Å². The van der Waals surface area contributed by atoms with Crippen LogP contribution in [0.3, 0.4) is 0 Å². The van der Waals surface area contributed by atoms with Gasteiger partial charge in [0.15, 0.2) is 0 Å².